The Morgan fingerprint density at radius 3 is 2.19 bits per heavy atom. The normalized spacial score (nSPS) is 11.6. The fourth-order valence-electron chi connectivity index (χ4n) is 4.30. The molecule has 1 aromatic heterocycles. The van der Waals surface area contributed by atoms with E-state index in [9.17, 15) is 4.79 Å². The van der Waals surface area contributed by atoms with Gasteiger partial charge in [-0.25, -0.2) is 9.78 Å². The summed E-state index contributed by atoms with van der Waals surface area (Å²) in [6, 6.07) is 22.8. The maximum absolute atomic E-state index is 11.0. The van der Waals surface area contributed by atoms with Crippen molar-refractivity contribution in [3.8, 4) is 23.0 Å². The van der Waals surface area contributed by atoms with Crippen LogP contribution in [0.2, 0.25) is 0 Å². The van der Waals surface area contributed by atoms with Crippen LogP contribution in [-0.4, -0.2) is 41.1 Å². The van der Waals surface area contributed by atoms with Crippen molar-refractivity contribution in [2.24, 2.45) is 5.41 Å². The number of rotatable bonds is 12. The van der Waals surface area contributed by atoms with Gasteiger partial charge in [-0.15, -0.1) is 0 Å². The third kappa shape index (κ3) is 7.77. The Balaban J connectivity index is 1.21. The third-order valence-corrected chi connectivity index (χ3v) is 5.98. The largest absolute Gasteiger partial charge is 0.478 e. The lowest BCUT2D eigenvalue weighted by molar-refractivity contribution is 0.0697. The summed E-state index contributed by atoms with van der Waals surface area (Å²) in [5.74, 6) is 1.23. The molecule has 0 saturated heterocycles. The van der Waals surface area contributed by atoms with Gasteiger partial charge in [-0.05, 0) is 72.1 Å². The molecule has 0 bridgehead atoms. The molecule has 0 fully saturated rings. The average molecular weight is 500 g/mol. The standard InChI is InChI=1S/C30H33N3O4/c1-30(2,21-33(3)19-23-4-8-25(9-5-23)29(34)35)20-31-18-22-6-12-26(13-7-22)37-27-14-10-24(11-15-27)28-32-16-17-36-28/h4-17,31H,18-21H2,1-3H3,(H,34,35). The molecule has 4 aromatic rings. The quantitative estimate of drug-likeness (QED) is 0.244. The molecule has 1 heterocycles. The van der Waals surface area contributed by atoms with Gasteiger partial charge in [0.1, 0.15) is 17.8 Å². The Bertz CT molecular complexity index is 1270. The first kappa shape index (κ1) is 26.1. The number of nitrogens with one attached hydrogen (secondary N) is 1. The van der Waals surface area contributed by atoms with Gasteiger partial charge in [-0.1, -0.05) is 38.1 Å². The van der Waals surface area contributed by atoms with Gasteiger partial charge in [0.25, 0.3) is 0 Å². The molecule has 0 radical (unpaired) electrons. The van der Waals surface area contributed by atoms with Gasteiger partial charge in [-0.2, -0.15) is 0 Å². The van der Waals surface area contributed by atoms with Crippen molar-refractivity contribution in [2.75, 3.05) is 20.1 Å². The lowest BCUT2D eigenvalue weighted by Gasteiger charge is -2.30. The number of oxazole rings is 1. The zero-order valence-corrected chi connectivity index (χ0v) is 21.5. The summed E-state index contributed by atoms with van der Waals surface area (Å²) in [6.07, 6.45) is 3.19. The highest BCUT2D eigenvalue weighted by Crippen LogP contribution is 2.25. The number of hydrogen-bond donors (Lipinski definition) is 2. The van der Waals surface area contributed by atoms with E-state index in [0.717, 1.165) is 48.8 Å². The van der Waals surface area contributed by atoms with E-state index in [0.29, 0.717) is 11.5 Å². The van der Waals surface area contributed by atoms with Crippen LogP contribution in [0.25, 0.3) is 11.5 Å². The predicted octanol–water partition coefficient (Wildman–Crippen LogP) is 6.08. The van der Waals surface area contributed by atoms with Crippen LogP contribution in [0, 0.1) is 5.41 Å². The van der Waals surface area contributed by atoms with E-state index in [4.69, 9.17) is 14.3 Å². The third-order valence-electron chi connectivity index (χ3n) is 5.98. The Labute approximate surface area is 217 Å². The van der Waals surface area contributed by atoms with Crippen molar-refractivity contribution in [1.82, 2.24) is 15.2 Å². The summed E-state index contributed by atoms with van der Waals surface area (Å²) >= 11 is 0. The van der Waals surface area contributed by atoms with Crippen molar-refractivity contribution in [1.29, 1.82) is 0 Å². The summed E-state index contributed by atoms with van der Waals surface area (Å²) in [7, 11) is 2.09. The van der Waals surface area contributed by atoms with Gasteiger partial charge in [0.15, 0.2) is 0 Å². The lowest BCUT2D eigenvalue weighted by atomic mass is 9.92. The Hall–Kier alpha value is -3.94. The first-order valence-corrected chi connectivity index (χ1v) is 12.3. The fourth-order valence-corrected chi connectivity index (χ4v) is 4.30. The second kappa shape index (κ2) is 11.9. The molecule has 4 rings (SSSR count). The van der Waals surface area contributed by atoms with Crippen LogP contribution in [0.1, 0.15) is 35.3 Å². The van der Waals surface area contributed by atoms with E-state index in [1.165, 1.54) is 5.56 Å². The van der Waals surface area contributed by atoms with Crippen LogP contribution in [0.15, 0.2) is 89.7 Å². The molecule has 37 heavy (non-hydrogen) atoms. The highest BCUT2D eigenvalue weighted by Gasteiger charge is 2.20. The molecule has 0 spiro atoms. The van der Waals surface area contributed by atoms with Crippen molar-refractivity contribution >= 4 is 5.97 Å². The number of carboxylic acids is 1. The maximum atomic E-state index is 11.0. The lowest BCUT2D eigenvalue weighted by Crippen LogP contribution is -2.38. The molecule has 2 N–H and O–H groups in total. The van der Waals surface area contributed by atoms with Gasteiger partial charge in [-0.3, -0.25) is 0 Å². The maximum Gasteiger partial charge on any atom is 0.335 e. The molecule has 192 valence electrons. The second-order valence-electron chi connectivity index (χ2n) is 10.0. The molecule has 0 atom stereocenters. The highest BCUT2D eigenvalue weighted by molar-refractivity contribution is 5.87. The minimum Gasteiger partial charge on any atom is -0.478 e. The number of carboxylic acid groups (broad SMARTS) is 1. The number of nitrogens with zero attached hydrogens (tertiary/aromatic N) is 2. The monoisotopic (exact) mass is 499 g/mol. The molecular weight excluding hydrogens is 466 g/mol. The number of aromatic carboxylic acids is 1. The van der Waals surface area contributed by atoms with Crippen molar-refractivity contribution in [3.63, 3.8) is 0 Å². The van der Waals surface area contributed by atoms with E-state index in [1.807, 2.05) is 48.5 Å². The summed E-state index contributed by atoms with van der Waals surface area (Å²) < 4.78 is 11.3. The minimum absolute atomic E-state index is 0.0656. The van der Waals surface area contributed by atoms with E-state index >= 15 is 0 Å². The van der Waals surface area contributed by atoms with Gasteiger partial charge < -0.3 is 24.5 Å². The van der Waals surface area contributed by atoms with E-state index in [1.54, 1.807) is 24.6 Å². The van der Waals surface area contributed by atoms with Crippen LogP contribution >= 0.6 is 0 Å². The minimum atomic E-state index is -0.899. The topological polar surface area (TPSA) is 87.8 Å². The zero-order chi connectivity index (χ0) is 26.3. The SMILES string of the molecule is CN(Cc1ccc(C(=O)O)cc1)CC(C)(C)CNCc1ccc(Oc2ccc(-c3ncco3)cc2)cc1. The number of carbonyl (C=O) groups is 1. The number of hydrogen-bond acceptors (Lipinski definition) is 6. The van der Waals surface area contributed by atoms with E-state index < -0.39 is 5.97 Å². The van der Waals surface area contributed by atoms with Gasteiger partial charge in [0, 0.05) is 31.7 Å². The molecule has 0 aliphatic rings. The summed E-state index contributed by atoms with van der Waals surface area (Å²) in [6.45, 7) is 7.80. The second-order valence-corrected chi connectivity index (χ2v) is 10.0. The molecule has 7 heteroatoms. The molecule has 7 nitrogen and oxygen atoms in total. The molecule has 3 aromatic carbocycles. The molecule has 0 unspecified atom stereocenters. The van der Waals surface area contributed by atoms with Crippen LogP contribution in [0.3, 0.4) is 0 Å². The molecule has 0 aliphatic heterocycles. The fraction of sp³-hybridized carbons (Fsp3) is 0.267. The van der Waals surface area contributed by atoms with Crippen molar-refractivity contribution in [2.45, 2.75) is 26.9 Å². The van der Waals surface area contributed by atoms with E-state index in [2.05, 4.69) is 48.2 Å². The Morgan fingerprint density at radius 1 is 0.973 bits per heavy atom. The molecule has 0 saturated carbocycles. The first-order valence-electron chi connectivity index (χ1n) is 12.3. The van der Waals surface area contributed by atoms with Gasteiger partial charge in [0.05, 0.1) is 11.8 Å². The number of aromatic nitrogens is 1. The van der Waals surface area contributed by atoms with Crippen molar-refractivity contribution < 1.29 is 19.1 Å². The predicted molar refractivity (Wildman–Crippen MR) is 144 cm³/mol. The van der Waals surface area contributed by atoms with E-state index in [-0.39, 0.29) is 5.41 Å². The van der Waals surface area contributed by atoms with Gasteiger partial charge >= 0.3 is 5.97 Å². The molecular formula is C30H33N3O4. The van der Waals surface area contributed by atoms with Gasteiger partial charge in [0.2, 0.25) is 5.89 Å². The molecule has 0 amide bonds. The Morgan fingerprint density at radius 2 is 1.59 bits per heavy atom. The summed E-state index contributed by atoms with van der Waals surface area (Å²) in [5.41, 5.74) is 3.57. The van der Waals surface area contributed by atoms with Crippen LogP contribution in [-0.2, 0) is 13.1 Å². The summed E-state index contributed by atoms with van der Waals surface area (Å²) in [4.78, 5) is 17.5. The highest BCUT2D eigenvalue weighted by atomic mass is 16.5. The number of benzene rings is 3. The van der Waals surface area contributed by atoms with Crippen LogP contribution < -0.4 is 10.1 Å². The first-order chi connectivity index (χ1) is 17.8. The number of ether oxygens (including phenoxy) is 1. The smallest absolute Gasteiger partial charge is 0.335 e. The molecule has 0 aliphatic carbocycles. The Kier molecular flexibility index (Phi) is 8.38. The average Bonchev–Trinajstić information content (AvgIpc) is 3.40. The zero-order valence-electron chi connectivity index (χ0n) is 21.5. The van der Waals surface area contributed by atoms with Crippen LogP contribution in [0.5, 0.6) is 11.5 Å². The summed E-state index contributed by atoms with van der Waals surface area (Å²) in [5, 5.41) is 12.6. The van der Waals surface area contributed by atoms with Crippen LogP contribution in [0.4, 0.5) is 0 Å². The van der Waals surface area contributed by atoms with Crippen molar-refractivity contribution in [3.05, 3.63) is 102 Å².